The number of ether oxygens (including phenoxy) is 3. The Bertz CT molecular complexity index is 1500. The number of rotatable bonds is 24. The van der Waals surface area contributed by atoms with E-state index in [4.69, 9.17) is 14.2 Å². The van der Waals surface area contributed by atoms with E-state index in [1.54, 1.807) is 6.92 Å². The van der Waals surface area contributed by atoms with Crippen molar-refractivity contribution in [2.75, 3.05) is 39.6 Å². The SMILES string of the molecule is C=C(C)COCCCc1cc(-c2ccc(-c3ccc(CCCCC)cc3)cc2CC)cc(CCCOC(=O)C(=C)C)c1OCCC(CO)CO. The number of unbranched alkanes of at least 4 members (excludes halogenated alkanes) is 2. The van der Waals surface area contributed by atoms with E-state index in [9.17, 15) is 15.0 Å². The van der Waals surface area contributed by atoms with E-state index in [2.05, 4.69) is 81.6 Å². The first-order chi connectivity index (χ1) is 24.2. The normalized spacial score (nSPS) is 11.2. The lowest BCUT2D eigenvalue weighted by Gasteiger charge is -2.21. The maximum atomic E-state index is 12.1. The molecule has 0 saturated heterocycles. The minimum Gasteiger partial charge on any atom is -0.493 e. The molecule has 0 aliphatic rings. The first-order valence-electron chi connectivity index (χ1n) is 18.5. The molecule has 0 spiro atoms. The van der Waals surface area contributed by atoms with Crippen molar-refractivity contribution in [3.8, 4) is 28.0 Å². The molecule has 0 radical (unpaired) electrons. The van der Waals surface area contributed by atoms with Gasteiger partial charge in [0.15, 0.2) is 0 Å². The highest BCUT2D eigenvalue weighted by molar-refractivity contribution is 5.86. The second-order valence-electron chi connectivity index (χ2n) is 13.5. The summed E-state index contributed by atoms with van der Waals surface area (Å²) in [5, 5.41) is 19.3. The second kappa shape index (κ2) is 22.2. The van der Waals surface area contributed by atoms with Crippen LogP contribution < -0.4 is 4.74 Å². The molecule has 50 heavy (non-hydrogen) atoms. The molecule has 3 aromatic rings. The van der Waals surface area contributed by atoms with E-state index in [0.717, 1.165) is 53.7 Å². The van der Waals surface area contributed by atoms with Crippen LogP contribution in [0.5, 0.6) is 5.75 Å². The lowest BCUT2D eigenvalue weighted by Crippen LogP contribution is -2.16. The van der Waals surface area contributed by atoms with E-state index in [1.165, 1.54) is 47.1 Å². The van der Waals surface area contributed by atoms with Crippen molar-refractivity contribution in [2.45, 2.75) is 91.9 Å². The Hall–Kier alpha value is -3.71. The quantitative estimate of drug-likeness (QED) is 0.0424. The Morgan fingerprint density at radius 1 is 0.740 bits per heavy atom. The van der Waals surface area contributed by atoms with Crippen molar-refractivity contribution in [1.29, 1.82) is 0 Å². The number of hydrogen-bond acceptors (Lipinski definition) is 6. The summed E-state index contributed by atoms with van der Waals surface area (Å²) in [7, 11) is 0. The Morgan fingerprint density at radius 3 is 1.98 bits per heavy atom. The van der Waals surface area contributed by atoms with Crippen molar-refractivity contribution in [3.63, 3.8) is 0 Å². The molecule has 6 nitrogen and oxygen atoms in total. The minimum atomic E-state index is -0.386. The highest BCUT2D eigenvalue weighted by Gasteiger charge is 2.17. The third-order valence-corrected chi connectivity index (χ3v) is 8.94. The summed E-state index contributed by atoms with van der Waals surface area (Å²) in [4.78, 5) is 12.1. The van der Waals surface area contributed by atoms with Gasteiger partial charge in [-0.3, -0.25) is 0 Å². The summed E-state index contributed by atoms with van der Waals surface area (Å²) in [6.07, 6.45) is 9.11. The van der Waals surface area contributed by atoms with E-state index in [-0.39, 0.29) is 31.7 Å². The maximum Gasteiger partial charge on any atom is 0.333 e. The molecule has 2 N–H and O–H groups in total. The predicted octanol–water partition coefficient (Wildman–Crippen LogP) is 9.26. The molecule has 6 heteroatoms. The number of aryl methyl sites for hydroxylation is 4. The van der Waals surface area contributed by atoms with E-state index >= 15 is 0 Å². The average Bonchev–Trinajstić information content (AvgIpc) is 3.12. The van der Waals surface area contributed by atoms with Gasteiger partial charge in [-0.2, -0.15) is 0 Å². The van der Waals surface area contributed by atoms with Crippen molar-refractivity contribution in [2.24, 2.45) is 5.92 Å². The lowest BCUT2D eigenvalue weighted by molar-refractivity contribution is -0.139. The zero-order valence-electron chi connectivity index (χ0n) is 31.0. The van der Waals surface area contributed by atoms with Gasteiger partial charge >= 0.3 is 5.97 Å². The van der Waals surface area contributed by atoms with Gasteiger partial charge in [0.25, 0.3) is 0 Å². The first-order valence-corrected chi connectivity index (χ1v) is 18.5. The molecular formula is C44H60O6. The highest BCUT2D eigenvalue weighted by Crippen LogP contribution is 2.36. The van der Waals surface area contributed by atoms with Crippen LogP contribution in [-0.4, -0.2) is 55.8 Å². The Kier molecular flexibility index (Phi) is 18.1. The fourth-order valence-corrected chi connectivity index (χ4v) is 5.99. The van der Waals surface area contributed by atoms with Crippen LogP contribution in [0.15, 0.2) is 78.9 Å². The fraction of sp³-hybridized carbons (Fsp3) is 0.477. The van der Waals surface area contributed by atoms with E-state index in [1.807, 2.05) is 6.92 Å². The van der Waals surface area contributed by atoms with Crippen LogP contribution >= 0.6 is 0 Å². The molecule has 272 valence electrons. The fourth-order valence-electron chi connectivity index (χ4n) is 5.99. The van der Waals surface area contributed by atoms with Gasteiger partial charge in [0, 0.05) is 31.3 Å². The molecule has 3 rings (SSSR count). The predicted molar refractivity (Wildman–Crippen MR) is 206 cm³/mol. The average molecular weight is 685 g/mol. The summed E-state index contributed by atoms with van der Waals surface area (Å²) in [5.41, 5.74) is 10.9. The van der Waals surface area contributed by atoms with E-state index < -0.39 is 0 Å². The van der Waals surface area contributed by atoms with Gasteiger partial charge in [-0.15, -0.1) is 0 Å². The zero-order valence-corrected chi connectivity index (χ0v) is 31.0. The van der Waals surface area contributed by atoms with Crippen LogP contribution in [0.1, 0.15) is 88.5 Å². The van der Waals surface area contributed by atoms with Gasteiger partial charge in [-0.05, 0) is 122 Å². The molecule has 0 aromatic heterocycles. The van der Waals surface area contributed by atoms with Gasteiger partial charge in [-0.25, -0.2) is 4.79 Å². The second-order valence-corrected chi connectivity index (χ2v) is 13.5. The van der Waals surface area contributed by atoms with Crippen LogP contribution in [0.4, 0.5) is 0 Å². The Morgan fingerprint density at radius 2 is 1.38 bits per heavy atom. The molecule has 0 heterocycles. The molecule has 0 fully saturated rings. The summed E-state index contributed by atoms with van der Waals surface area (Å²) in [5.74, 6) is 0.202. The topological polar surface area (TPSA) is 85.2 Å². The van der Waals surface area contributed by atoms with Gasteiger partial charge in [0.2, 0.25) is 0 Å². The number of hydrogen-bond donors (Lipinski definition) is 2. The summed E-state index contributed by atoms with van der Waals surface area (Å²) in [6.45, 7) is 17.3. The summed E-state index contributed by atoms with van der Waals surface area (Å²) >= 11 is 0. The number of carbonyl (C=O) groups is 1. The molecule has 0 amide bonds. The third-order valence-electron chi connectivity index (χ3n) is 8.94. The van der Waals surface area contributed by atoms with Crippen LogP contribution in [0, 0.1) is 5.92 Å². The smallest absolute Gasteiger partial charge is 0.333 e. The van der Waals surface area contributed by atoms with Crippen molar-refractivity contribution < 1.29 is 29.2 Å². The van der Waals surface area contributed by atoms with E-state index in [0.29, 0.717) is 44.7 Å². The molecule has 0 aliphatic heterocycles. The largest absolute Gasteiger partial charge is 0.493 e. The van der Waals surface area contributed by atoms with Crippen molar-refractivity contribution in [1.82, 2.24) is 0 Å². The van der Waals surface area contributed by atoms with Crippen LogP contribution in [0.25, 0.3) is 22.3 Å². The molecule has 0 bridgehead atoms. The Labute approximate surface area is 301 Å². The number of esters is 1. The number of benzene rings is 3. The molecular weight excluding hydrogens is 624 g/mol. The standard InChI is InChI=1S/C44H60O6/c1-7-9-10-13-34-16-18-37(19-17-34)38-20-21-42(36(8-2)26-38)41-27-39(14-11-23-48-31-32(3)4)43(49-25-22-35(29-45)30-46)40(28-41)15-12-24-50-44(47)33(5)6/h16-21,26-28,35,45-46H,3,5,7-15,22-25,29-31H2,1-2,4,6H3. The summed E-state index contributed by atoms with van der Waals surface area (Å²) < 4.78 is 17.7. The van der Waals surface area contributed by atoms with Crippen molar-refractivity contribution >= 4 is 5.97 Å². The van der Waals surface area contributed by atoms with Gasteiger partial charge < -0.3 is 24.4 Å². The van der Waals surface area contributed by atoms with Crippen molar-refractivity contribution in [3.05, 3.63) is 101 Å². The number of carbonyl (C=O) groups excluding carboxylic acids is 1. The monoisotopic (exact) mass is 684 g/mol. The number of aliphatic hydroxyl groups is 2. The third kappa shape index (κ3) is 13.2. The van der Waals surface area contributed by atoms with Crippen LogP contribution in [0.3, 0.4) is 0 Å². The Balaban J connectivity index is 1.99. The number of aliphatic hydroxyl groups excluding tert-OH is 2. The molecule has 0 aliphatic carbocycles. The molecule has 0 unspecified atom stereocenters. The molecule has 0 saturated carbocycles. The summed E-state index contributed by atoms with van der Waals surface area (Å²) in [6, 6.07) is 20.2. The van der Waals surface area contributed by atoms with Gasteiger partial charge in [0.05, 0.1) is 19.8 Å². The molecule has 0 atom stereocenters. The van der Waals surface area contributed by atoms with Gasteiger partial charge in [0.1, 0.15) is 5.75 Å². The zero-order chi connectivity index (χ0) is 36.3. The van der Waals surface area contributed by atoms with Crippen LogP contribution in [0.2, 0.25) is 0 Å². The van der Waals surface area contributed by atoms with Gasteiger partial charge in [-0.1, -0.05) is 87.9 Å². The lowest BCUT2D eigenvalue weighted by atomic mass is 9.89. The van der Waals surface area contributed by atoms with Crippen LogP contribution in [-0.2, 0) is 40.0 Å². The minimum absolute atomic E-state index is 0.0917. The first kappa shape index (κ1) is 40.7. The molecule has 3 aromatic carbocycles. The highest BCUT2D eigenvalue weighted by atomic mass is 16.5. The maximum absolute atomic E-state index is 12.1.